The van der Waals surface area contributed by atoms with Crippen LogP contribution in [0, 0.1) is 0 Å². The Bertz CT molecular complexity index is 694. The number of rotatable bonds is 5. The lowest BCUT2D eigenvalue weighted by molar-refractivity contribution is -0.146. The molecule has 0 radical (unpaired) electrons. The zero-order chi connectivity index (χ0) is 19.1. The first kappa shape index (κ1) is 19.3. The van der Waals surface area contributed by atoms with E-state index in [2.05, 4.69) is 16.3 Å². The molecule has 2 amide bonds. The van der Waals surface area contributed by atoms with Crippen LogP contribution in [0.4, 0.5) is 5.69 Å². The summed E-state index contributed by atoms with van der Waals surface area (Å²) in [6.45, 7) is 2.99. The van der Waals surface area contributed by atoms with Crippen LogP contribution in [0.1, 0.15) is 32.1 Å². The quantitative estimate of drug-likeness (QED) is 0.638. The predicted octanol–water partition coefficient (Wildman–Crippen LogP) is 2.35. The summed E-state index contributed by atoms with van der Waals surface area (Å²) in [6.07, 6.45) is 7.87. The van der Waals surface area contributed by atoms with Gasteiger partial charge in [0.15, 0.2) is 0 Å². The van der Waals surface area contributed by atoms with E-state index in [0.717, 1.165) is 30.7 Å². The summed E-state index contributed by atoms with van der Waals surface area (Å²) in [5.74, 6) is -0.0866. The van der Waals surface area contributed by atoms with Crippen molar-refractivity contribution in [3.8, 4) is 5.75 Å². The maximum Gasteiger partial charge on any atom is 0.312 e. The average Bonchev–Trinajstić information content (AvgIpc) is 2.74. The van der Waals surface area contributed by atoms with Crippen molar-refractivity contribution in [3.05, 3.63) is 35.9 Å². The summed E-state index contributed by atoms with van der Waals surface area (Å²) in [6, 6.07) is 7.87. The molecule has 1 N–H and O–H groups in total. The molecule has 146 valence electrons. The summed E-state index contributed by atoms with van der Waals surface area (Å²) in [5, 5.41) is 2.78. The number of allylic oxidation sites excluding steroid dienone is 1. The molecule has 27 heavy (non-hydrogen) atoms. The van der Waals surface area contributed by atoms with Crippen LogP contribution in [-0.4, -0.2) is 56.5 Å². The smallest absolute Gasteiger partial charge is 0.312 e. The van der Waals surface area contributed by atoms with E-state index in [0.29, 0.717) is 32.7 Å². The molecule has 0 bridgehead atoms. The van der Waals surface area contributed by atoms with Crippen molar-refractivity contribution < 1.29 is 14.3 Å². The summed E-state index contributed by atoms with van der Waals surface area (Å²) < 4.78 is 5.41. The van der Waals surface area contributed by atoms with Crippen molar-refractivity contribution in [1.29, 1.82) is 0 Å². The van der Waals surface area contributed by atoms with Crippen LogP contribution in [-0.2, 0) is 9.59 Å². The molecule has 1 aliphatic carbocycles. The maximum absolute atomic E-state index is 12.4. The van der Waals surface area contributed by atoms with E-state index in [1.54, 1.807) is 12.0 Å². The molecule has 2 aliphatic rings. The zero-order valence-corrected chi connectivity index (χ0v) is 16.1. The second kappa shape index (κ2) is 9.44. The molecule has 1 aromatic carbocycles. The number of carbonyl (C=O) groups is 2. The van der Waals surface area contributed by atoms with Gasteiger partial charge in [-0.25, -0.2) is 0 Å². The van der Waals surface area contributed by atoms with Crippen LogP contribution >= 0.6 is 0 Å². The molecule has 0 atom stereocenters. The number of hydrogen-bond donors (Lipinski definition) is 1. The predicted molar refractivity (Wildman–Crippen MR) is 106 cm³/mol. The first-order chi connectivity index (χ1) is 13.2. The molecule has 1 aromatic rings. The van der Waals surface area contributed by atoms with E-state index in [1.165, 1.54) is 18.4 Å². The largest absolute Gasteiger partial charge is 0.495 e. The number of nitrogens with one attached hydrogen (secondary N) is 1. The van der Waals surface area contributed by atoms with Gasteiger partial charge < -0.3 is 19.9 Å². The molecule has 1 saturated heterocycles. The third-order valence-corrected chi connectivity index (χ3v) is 5.30. The SMILES string of the molecule is COc1ccccc1N1CCN(C(=O)C(=O)NCCC2=CCCCC2)CC1. The molecule has 1 heterocycles. The first-order valence-electron chi connectivity index (χ1n) is 9.82. The lowest BCUT2D eigenvalue weighted by atomic mass is 9.97. The minimum atomic E-state index is -0.489. The summed E-state index contributed by atoms with van der Waals surface area (Å²) in [4.78, 5) is 28.4. The van der Waals surface area contributed by atoms with Crippen molar-refractivity contribution >= 4 is 17.5 Å². The van der Waals surface area contributed by atoms with Crippen LogP contribution < -0.4 is 15.0 Å². The molecule has 6 heteroatoms. The average molecular weight is 371 g/mol. The number of para-hydroxylation sites is 2. The Morgan fingerprint density at radius 2 is 1.89 bits per heavy atom. The number of nitrogens with zero attached hydrogens (tertiary/aromatic N) is 2. The van der Waals surface area contributed by atoms with Gasteiger partial charge in [0.1, 0.15) is 5.75 Å². The Morgan fingerprint density at radius 1 is 1.11 bits per heavy atom. The minimum absolute atomic E-state index is 0.424. The molecular weight excluding hydrogens is 342 g/mol. The van der Waals surface area contributed by atoms with Gasteiger partial charge in [-0.1, -0.05) is 23.8 Å². The highest BCUT2D eigenvalue weighted by Gasteiger charge is 2.26. The fourth-order valence-electron chi connectivity index (χ4n) is 3.73. The molecule has 1 fully saturated rings. The Labute approximate surface area is 161 Å². The van der Waals surface area contributed by atoms with Gasteiger partial charge in [0.2, 0.25) is 0 Å². The topological polar surface area (TPSA) is 61.9 Å². The Balaban J connectivity index is 1.45. The molecule has 0 aromatic heterocycles. The molecule has 0 unspecified atom stereocenters. The van der Waals surface area contributed by atoms with E-state index < -0.39 is 11.8 Å². The van der Waals surface area contributed by atoms with E-state index in [1.807, 2.05) is 24.3 Å². The number of anilines is 1. The summed E-state index contributed by atoms with van der Waals surface area (Å²) >= 11 is 0. The van der Waals surface area contributed by atoms with Crippen LogP contribution in [0.2, 0.25) is 0 Å². The number of ether oxygens (including phenoxy) is 1. The number of hydrogen-bond acceptors (Lipinski definition) is 4. The van der Waals surface area contributed by atoms with Crippen molar-refractivity contribution in [1.82, 2.24) is 10.2 Å². The van der Waals surface area contributed by atoms with E-state index in [4.69, 9.17) is 4.74 Å². The first-order valence-corrected chi connectivity index (χ1v) is 9.82. The third kappa shape index (κ3) is 5.02. The van der Waals surface area contributed by atoms with Crippen LogP contribution in [0.25, 0.3) is 0 Å². The highest BCUT2D eigenvalue weighted by molar-refractivity contribution is 6.35. The maximum atomic E-state index is 12.4. The Hall–Kier alpha value is -2.50. The van der Waals surface area contributed by atoms with Gasteiger partial charge in [-0.05, 0) is 44.2 Å². The number of methoxy groups -OCH3 is 1. The summed E-state index contributed by atoms with van der Waals surface area (Å²) in [7, 11) is 1.66. The number of carbonyl (C=O) groups excluding carboxylic acids is 2. The monoisotopic (exact) mass is 371 g/mol. The van der Waals surface area contributed by atoms with Crippen LogP contribution in [0.3, 0.4) is 0 Å². The minimum Gasteiger partial charge on any atom is -0.495 e. The molecule has 6 nitrogen and oxygen atoms in total. The zero-order valence-electron chi connectivity index (χ0n) is 16.1. The van der Waals surface area contributed by atoms with Crippen molar-refractivity contribution in [2.75, 3.05) is 44.7 Å². The van der Waals surface area contributed by atoms with Gasteiger partial charge in [0.25, 0.3) is 0 Å². The van der Waals surface area contributed by atoms with Gasteiger partial charge in [-0.15, -0.1) is 0 Å². The van der Waals surface area contributed by atoms with Gasteiger partial charge in [-0.3, -0.25) is 9.59 Å². The van der Waals surface area contributed by atoms with Gasteiger partial charge in [0.05, 0.1) is 12.8 Å². The van der Waals surface area contributed by atoms with E-state index in [-0.39, 0.29) is 0 Å². The highest BCUT2D eigenvalue weighted by Crippen LogP contribution is 2.28. The lowest BCUT2D eigenvalue weighted by Crippen LogP contribution is -2.52. The molecule has 0 spiro atoms. The van der Waals surface area contributed by atoms with E-state index >= 15 is 0 Å². The standard InChI is InChI=1S/C21H29N3O3/c1-27-19-10-6-5-9-18(19)23-13-15-24(16-14-23)21(26)20(25)22-12-11-17-7-3-2-4-8-17/h5-7,9-10H,2-4,8,11-16H2,1H3,(H,22,25). The second-order valence-electron chi connectivity index (χ2n) is 7.07. The molecular formula is C21H29N3O3. The van der Waals surface area contributed by atoms with Gasteiger partial charge >= 0.3 is 11.8 Å². The van der Waals surface area contributed by atoms with Crippen LogP contribution in [0.15, 0.2) is 35.9 Å². The second-order valence-corrected chi connectivity index (χ2v) is 7.07. The Kier molecular flexibility index (Phi) is 6.74. The summed E-state index contributed by atoms with van der Waals surface area (Å²) in [5.41, 5.74) is 2.43. The Morgan fingerprint density at radius 3 is 2.59 bits per heavy atom. The van der Waals surface area contributed by atoms with E-state index in [9.17, 15) is 9.59 Å². The molecule has 0 saturated carbocycles. The van der Waals surface area contributed by atoms with Crippen molar-refractivity contribution in [3.63, 3.8) is 0 Å². The van der Waals surface area contributed by atoms with Gasteiger partial charge in [0, 0.05) is 32.7 Å². The third-order valence-electron chi connectivity index (χ3n) is 5.30. The number of amides is 2. The van der Waals surface area contributed by atoms with Gasteiger partial charge in [-0.2, -0.15) is 0 Å². The lowest BCUT2D eigenvalue weighted by Gasteiger charge is -2.36. The normalized spacial score (nSPS) is 17.3. The number of piperazine rings is 1. The van der Waals surface area contributed by atoms with Crippen molar-refractivity contribution in [2.24, 2.45) is 0 Å². The molecule has 1 aliphatic heterocycles. The fraction of sp³-hybridized carbons (Fsp3) is 0.524. The number of benzene rings is 1. The highest BCUT2D eigenvalue weighted by atomic mass is 16.5. The van der Waals surface area contributed by atoms with Crippen molar-refractivity contribution in [2.45, 2.75) is 32.1 Å². The molecule has 3 rings (SSSR count). The van der Waals surface area contributed by atoms with Crippen LogP contribution in [0.5, 0.6) is 5.75 Å². The fourth-order valence-corrected chi connectivity index (χ4v) is 3.73.